The molecule has 0 unspecified atom stereocenters. The first-order chi connectivity index (χ1) is 10.5. The van der Waals surface area contributed by atoms with E-state index >= 15 is 0 Å². The van der Waals surface area contributed by atoms with Crippen LogP contribution in [0.1, 0.15) is 31.1 Å². The third-order valence-electron chi connectivity index (χ3n) is 2.91. The van der Waals surface area contributed by atoms with Gasteiger partial charge in [0.15, 0.2) is 5.82 Å². The van der Waals surface area contributed by atoms with Crippen molar-refractivity contribution in [1.82, 2.24) is 15.3 Å². The molecule has 1 aromatic heterocycles. The zero-order valence-corrected chi connectivity index (χ0v) is 13.0. The van der Waals surface area contributed by atoms with Crippen LogP contribution >= 0.6 is 0 Å². The Hall–Kier alpha value is -2.63. The van der Waals surface area contributed by atoms with E-state index in [0.717, 1.165) is 5.56 Å². The molecule has 0 saturated heterocycles. The maximum Gasteiger partial charge on any atom is 0.256 e. The Kier molecular flexibility index (Phi) is 4.93. The fraction of sp³-hybridized carbons (Fsp3) is 0.312. The van der Waals surface area contributed by atoms with Crippen molar-refractivity contribution in [2.45, 2.75) is 26.8 Å². The SMILES string of the molecule is CCOc1ccccc1-c1ncc(C(=O)NC(C)C)c(N)n1. The lowest BCUT2D eigenvalue weighted by atomic mass is 10.1. The number of carbonyl (C=O) groups excluding carboxylic acids is 1. The first-order valence-corrected chi connectivity index (χ1v) is 7.18. The summed E-state index contributed by atoms with van der Waals surface area (Å²) in [6, 6.07) is 7.47. The summed E-state index contributed by atoms with van der Waals surface area (Å²) in [6.45, 7) is 6.20. The van der Waals surface area contributed by atoms with E-state index in [2.05, 4.69) is 15.3 Å². The molecule has 0 aliphatic carbocycles. The molecule has 0 spiro atoms. The van der Waals surface area contributed by atoms with E-state index in [1.54, 1.807) is 0 Å². The van der Waals surface area contributed by atoms with E-state index in [9.17, 15) is 4.79 Å². The molecule has 0 radical (unpaired) electrons. The number of hydrogen-bond donors (Lipinski definition) is 2. The lowest BCUT2D eigenvalue weighted by molar-refractivity contribution is 0.0943. The first kappa shape index (κ1) is 15.8. The van der Waals surface area contributed by atoms with Crippen LogP contribution in [0.2, 0.25) is 0 Å². The van der Waals surface area contributed by atoms with Gasteiger partial charge in [-0.25, -0.2) is 9.97 Å². The summed E-state index contributed by atoms with van der Waals surface area (Å²) in [4.78, 5) is 20.5. The van der Waals surface area contributed by atoms with Gasteiger partial charge in [0.25, 0.3) is 5.91 Å². The second-order valence-electron chi connectivity index (χ2n) is 5.05. The van der Waals surface area contributed by atoms with Gasteiger partial charge in [0.1, 0.15) is 11.6 Å². The molecule has 2 rings (SSSR count). The predicted molar refractivity (Wildman–Crippen MR) is 85.7 cm³/mol. The van der Waals surface area contributed by atoms with E-state index < -0.39 is 0 Å². The van der Waals surface area contributed by atoms with E-state index in [1.807, 2.05) is 45.0 Å². The number of nitrogen functional groups attached to an aromatic ring is 1. The summed E-state index contributed by atoms with van der Waals surface area (Å²) in [6.07, 6.45) is 1.44. The summed E-state index contributed by atoms with van der Waals surface area (Å²) >= 11 is 0. The molecule has 0 fully saturated rings. The Morgan fingerprint density at radius 3 is 2.73 bits per heavy atom. The Labute approximate surface area is 129 Å². The fourth-order valence-electron chi connectivity index (χ4n) is 1.97. The summed E-state index contributed by atoms with van der Waals surface area (Å²) in [5, 5.41) is 2.77. The molecule has 6 heteroatoms. The number of anilines is 1. The highest BCUT2D eigenvalue weighted by atomic mass is 16.5. The Bertz CT molecular complexity index is 671. The molecule has 0 aliphatic rings. The van der Waals surface area contributed by atoms with Gasteiger partial charge in [-0.15, -0.1) is 0 Å². The highest BCUT2D eigenvalue weighted by molar-refractivity contribution is 5.98. The van der Waals surface area contributed by atoms with Gasteiger partial charge in [-0.1, -0.05) is 12.1 Å². The van der Waals surface area contributed by atoms with Crippen molar-refractivity contribution in [2.24, 2.45) is 0 Å². The first-order valence-electron chi connectivity index (χ1n) is 7.18. The maximum absolute atomic E-state index is 12.0. The van der Waals surface area contributed by atoms with Crippen molar-refractivity contribution >= 4 is 11.7 Å². The quantitative estimate of drug-likeness (QED) is 0.884. The van der Waals surface area contributed by atoms with Crippen LogP contribution in [0.25, 0.3) is 11.4 Å². The lowest BCUT2D eigenvalue weighted by Gasteiger charge is -2.12. The van der Waals surface area contributed by atoms with Crippen molar-refractivity contribution in [1.29, 1.82) is 0 Å². The van der Waals surface area contributed by atoms with Crippen molar-refractivity contribution < 1.29 is 9.53 Å². The summed E-state index contributed by atoms with van der Waals surface area (Å²) in [7, 11) is 0. The second kappa shape index (κ2) is 6.89. The van der Waals surface area contributed by atoms with E-state index in [1.165, 1.54) is 6.20 Å². The molecular weight excluding hydrogens is 280 g/mol. The molecule has 1 aromatic carbocycles. The highest BCUT2D eigenvalue weighted by Gasteiger charge is 2.15. The molecule has 0 atom stereocenters. The second-order valence-corrected chi connectivity index (χ2v) is 5.05. The summed E-state index contributed by atoms with van der Waals surface area (Å²) in [5.74, 6) is 0.984. The van der Waals surface area contributed by atoms with Gasteiger partial charge in [-0.3, -0.25) is 4.79 Å². The molecule has 0 aliphatic heterocycles. The van der Waals surface area contributed by atoms with Crippen LogP contribution in [0, 0.1) is 0 Å². The number of ether oxygens (including phenoxy) is 1. The molecular formula is C16H20N4O2. The number of benzene rings is 1. The summed E-state index contributed by atoms with van der Waals surface area (Å²) in [5.41, 5.74) is 6.92. The van der Waals surface area contributed by atoms with Crippen molar-refractivity contribution in [3.63, 3.8) is 0 Å². The van der Waals surface area contributed by atoms with Crippen LogP contribution in [0.15, 0.2) is 30.5 Å². The molecule has 1 heterocycles. The van der Waals surface area contributed by atoms with Crippen LogP contribution in [0.3, 0.4) is 0 Å². The van der Waals surface area contributed by atoms with E-state index in [4.69, 9.17) is 10.5 Å². The normalized spacial score (nSPS) is 10.5. The Morgan fingerprint density at radius 1 is 1.36 bits per heavy atom. The number of nitrogens with zero attached hydrogens (tertiary/aromatic N) is 2. The monoisotopic (exact) mass is 300 g/mol. The van der Waals surface area contributed by atoms with Gasteiger partial charge in [-0.2, -0.15) is 0 Å². The fourth-order valence-corrected chi connectivity index (χ4v) is 1.97. The Morgan fingerprint density at radius 2 is 2.09 bits per heavy atom. The average molecular weight is 300 g/mol. The maximum atomic E-state index is 12.0. The number of aromatic nitrogens is 2. The molecule has 2 aromatic rings. The van der Waals surface area contributed by atoms with Crippen molar-refractivity contribution in [2.75, 3.05) is 12.3 Å². The van der Waals surface area contributed by atoms with Gasteiger partial charge in [-0.05, 0) is 32.9 Å². The molecule has 3 N–H and O–H groups in total. The van der Waals surface area contributed by atoms with Gasteiger partial charge >= 0.3 is 0 Å². The van der Waals surface area contributed by atoms with Crippen molar-refractivity contribution in [3.05, 3.63) is 36.0 Å². The van der Waals surface area contributed by atoms with Crippen LogP contribution in [0.4, 0.5) is 5.82 Å². The third kappa shape index (κ3) is 3.52. The number of carbonyl (C=O) groups is 1. The third-order valence-corrected chi connectivity index (χ3v) is 2.91. The minimum Gasteiger partial charge on any atom is -0.493 e. The van der Waals surface area contributed by atoms with Gasteiger partial charge in [0.2, 0.25) is 0 Å². The lowest BCUT2D eigenvalue weighted by Crippen LogP contribution is -2.31. The zero-order chi connectivity index (χ0) is 16.1. The number of hydrogen-bond acceptors (Lipinski definition) is 5. The summed E-state index contributed by atoms with van der Waals surface area (Å²) < 4.78 is 5.56. The van der Waals surface area contributed by atoms with Crippen LogP contribution in [-0.4, -0.2) is 28.5 Å². The molecule has 116 valence electrons. The van der Waals surface area contributed by atoms with E-state index in [0.29, 0.717) is 18.2 Å². The predicted octanol–water partition coefficient (Wildman–Crippen LogP) is 2.26. The van der Waals surface area contributed by atoms with Gasteiger partial charge in [0.05, 0.1) is 17.7 Å². The van der Waals surface area contributed by atoms with E-state index in [-0.39, 0.29) is 23.3 Å². The minimum atomic E-state index is -0.280. The number of amides is 1. The molecule has 22 heavy (non-hydrogen) atoms. The van der Waals surface area contributed by atoms with Crippen LogP contribution < -0.4 is 15.8 Å². The van der Waals surface area contributed by atoms with Crippen LogP contribution in [-0.2, 0) is 0 Å². The standard InChI is InChI=1S/C16H20N4O2/c1-4-22-13-8-6-5-7-11(13)15-18-9-12(14(17)20-15)16(21)19-10(2)3/h5-10H,4H2,1-3H3,(H,19,21)(H2,17,18,20). The molecule has 1 amide bonds. The molecule has 0 saturated carbocycles. The average Bonchev–Trinajstić information content (AvgIpc) is 2.47. The smallest absolute Gasteiger partial charge is 0.256 e. The largest absolute Gasteiger partial charge is 0.493 e. The zero-order valence-electron chi connectivity index (χ0n) is 13.0. The topological polar surface area (TPSA) is 90.1 Å². The van der Waals surface area contributed by atoms with Gasteiger partial charge < -0.3 is 15.8 Å². The van der Waals surface area contributed by atoms with Crippen LogP contribution in [0.5, 0.6) is 5.75 Å². The number of nitrogens with one attached hydrogen (secondary N) is 1. The number of para-hydroxylation sites is 1. The Balaban J connectivity index is 2.36. The number of nitrogens with two attached hydrogens (primary N) is 1. The van der Waals surface area contributed by atoms with Gasteiger partial charge in [0, 0.05) is 12.2 Å². The highest BCUT2D eigenvalue weighted by Crippen LogP contribution is 2.27. The number of rotatable bonds is 5. The molecule has 6 nitrogen and oxygen atoms in total. The minimum absolute atomic E-state index is 0.0188. The molecule has 0 bridgehead atoms. The van der Waals surface area contributed by atoms with Crippen molar-refractivity contribution in [3.8, 4) is 17.1 Å².